The fourth-order valence-corrected chi connectivity index (χ4v) is 2.31. The Balaban J connectivity index is 2.66. The summed E-state index contributed by atoms with van der Waals surface area (Å²) in [5, 5.41) is 0. The second kappa shape index (κ2) is 2.63. The number of likely N-dealkylation sites (N-methyl/N-ethyl adjacent to an activating group) is 1. The lowest BCUT2D eigenvalue weighted by molar-refractivity contribution is 0.445. The normalized spacial score (nSPS) is 42.6. The van der Waals surface area contributed by atoms with Crippen molar-refractivity contribution >= 4 is 0 Å². The largest absolute Gasteiger partial charge is 0.288 e. The van der Waals surface area contributed by atoms with Gasteiger partial charge in [-0.1, -0.05) is 26.8 Å². The van der Waals surface area contributed by atoms with Crippen LogP contribution in [0.15, 0.2) is 12.7 Å². The van der Waals surface area contributed by atoms with Crippen molar-refractivity contribution in [3.8, 4) is 0 Å². The predicted molar refractivity (Wildman–Crippen MR) is 49.6 cm³/mol. The summed E-state index contributed by atoms with van der Waals surface area (Å²) in [7, 11) is 0. The number of hydrogen-bond acceptors (Lipinski definition) is 1. The summed E-state index contributed by atoms with van der Waals surface area (Å²) in [5.41, 5.74) is 0.295. The lowest BCUT2D eigenvalue weighted by atomic mass is 9.99. The molecule has 0 amide bonds. The quantitative estimate of drug-likeness (QED) is 0.444. The van der Waals surface area contributed by atoms with Gasteiger partial charge >= 0.3 is 0 Å². The monoisotopic (exact) mass is 153 g/mol. The average Bonchev–Trinajstić information content (AvgIpc) is 2.57. The van der Waals surface area contributed by atoms with E-state index < -0.39 is 0 Å². The van der Waals surface area contributed by atoms with Gasteiger partial charge in [-0.25, -0.2) is 0 Å². The van der Waals surface area contributed by atoms with Gasteiger partial charge in [0.15, 0.2) is 0 Å². The minimum absolute atomic E-state index is 0.295. The van der Waals surface area contributed by atoms with E-state index in [1.54, 1.807) is 0 Å². The van der Waals surface area contributed by atoms with E-state index in [2.05, 4.69) is 45.2 Å². The van der Waals surface area contributed by atoms with Crippen LogP contribution in [0.25, 0.3) is 0 Å². The van der Waals surface area contributed by atoms with E-state index in [9.17, 15) is 0 Å². The molecular formula is C10H19N. The molecular weight excluding hydrogens is 134 g/mol. The highest BCUT2D eigenvalue weighted by molar-refractivity contribution is 5.23. The Hall–Kier alpha value is -0.300. The number of nitrogens with zero attached hydrogens (tertiary/aromatic N) is 1. The zero-order chi connectivity index (χ0) is 8.65. The molecule has 64 valence electrons. The van der Waals surface area contributed by atoms with Gasteiger partial charge in [-0.05, 0) is 19.4 Å². The van der Waals surface area contributed by atoms with Crippen LogP contribution >= 0.6 is 0 Å². The molecule has 0 bridgehead atoms. The van der Waals surface area contributed by atoms with Gasteiger partial charge in [-0.15, -0.1) is 6.58 Å². The average molecular weight is 153 g/mol. The van der Waals surface area contributed by atoms with E-state index in [1.807, 2.05) is 0 Å². The number of hydrogen-bond donors (Lipinski definition) is 0. The molecule has 0 radical (unpaired) electrons. The van der Waals surface area contributed by atoms with Gasteiger partial charge < -0.3 is 0 Å². The topological polar surface area (TPSA) is 3.01 Å². The van der Waals surface area contributed by atoms with Crippen molar-refractivity contribution in [3.05, 3.63) is 12.7 Å². The van der Waals surface area contributed by atoms with Crippen molar-refractivity contribution in [2.45, 2.75) is 39.3 Å². The Morgan fingerprint density at radius 2 is 2.18 bits per heavy atom. The molecule has 0 aromatic rings. The van der Waals surface area contributed by atoms with E-state index in [0.717, 1.165) is 18.5 Å². The Kier molecular flexibility index (Phi) is 2.10. The van der Waals surface area contributed by atoms with Crippen LogP contribution < -0.4 is 0 Å². The summed E-state index contributed by atoms with van der Waals surface area (Å²) in [6.45, 7) is 14.1. The van der Waals surface area contributed by atoms with Gasteiger partial charge in [0.25, 0.3) is 0 Å². The first-order valence-corrected chi connectivity index (χ1v) is 4.48. The number of rotatable bonds is 3. The van der Waals surface area contributed by atoms with Gasteiger partial charge in [0.2, 0.25) is 0 Å². The summed E-state index contributed by atoms with van der Waals surface area (Å²) in [6.07, 6.45) is 2.08. The van der Waals surface area contributed by atoms with Crippen molar-refractivity contribution < 1.29 is 0 Å². The first kappa shape index (κ1) is 8.79. The highest BCUT2D eigenvalue weighted by atomic mass is 15.4. The van der Waals surface area contributed by atoms with Crippen LogP contribution in [0.4, 0.5) is 0 Å². The highest BCUT2D eigenvalue weighted by Gasteiger charge is 2.56. The molecule has 1 aliphatic rings. The Labute approximate surface area is 70.1 Å². The molecule has 0 aromatic carbocycles. The molecule has 1 nitrogen and oxygen atoms in total. The zero-order valence-electron chi connectivity index (χ0n) is 8.09. The lowest BCUT2D eigenvalue weighted by Gasteiger charge is -2.02. The summed E-state index contributed by atoms with van der Waals surface area (Å²) < 4.78 is 0. The molecule has 0 N–H and O–H groups in total. The van der Waals surface area contributed by atoms with E-state index in [4.69, 9.17) is 0 Å². The molecule has 0 saturated carbocycles. The van der Waals surface area contributed by atoms with Crippen molar-refractivity contribution in [2.24, 2.45) is 5.92 Å². The van der Waals surface area contributed by atoms with Gasteiger partial charge in [0.1, 0.15) is 0 Å². The standard InChI is InChI=1S/C10H19N/c1-6-10(5)9(8(3)4)11(10)7-2/h6,8-9H,1,7H2,2-5H3/t9-,10-,11?/m0/s1. The van der Waals surface area contributed by atoms with Crippen LogP contribution in [0.3, 0.4) is 0 Å². The van der Waals surface area contributed by atoms with Crippen LogP contribution in [0.2, 0.25) is 0 Å². The first-order valence-electron chi connectivity index (χ1n) is 4.48. The van der Waals surface area contributed by atoms with Crippen molar-refractivity contribution in [2.75, 3.05) is 6.54 Å². The van der Waals surface area contributed by atoms with E-state index in [1.165, 1.54) is 0 Å². The second-order valence-electron chi connectivity index (χ2n) is 3.90. The predicted octanol–water partition coefficient (Wildman–Crippen LogP) is 2.29. The maximum atomic E-state index is 3.88. The molecule has 1 fully saturated rings. The van der Waals surface area contributed by atoms with Crippen molar-refractivity contribution in [1.82, 2.24) is 4.90 Å². The summed E-state index contributed by atoms with van der Waals surface area (Å²) in [6, 6.07) is 0.727. The third-order valence-electron chi connectivity index (χ3n) is 2.87. The first-order chi connectivity index (χ1) is 5.07. The molecule has 0 aromatic heterocycles. The van der Waals surface area contributed by atoms with Crippen LogP contribution in [-0.2, 0) is 0 Å². The van der Waals surface area contributed by atoms with Crippen LogP contribution in [-0.4, -0.2) is 23.0 Å². The highest BCUT2D eigenvalue weighted by Crippen LogP contribution is 2.45. The maximum Gasteiger partial charge on any atom is 0.0522 e. The van der Waals surface area contributed by atoms with Crippen LogP contribution in [0.1, 0.15) is 27.7 Å². The van der Waals surface area contributed by atoms with Gasteiger partial charge in [0, 0.05) is 6.04 Å². The molecule has 0 aliphatic carbocycles. The van der Waals surface area contributed by atoms with Crippen LogP contribution in [0.5, 0.6) is 0 Å². The second-order valence-corrected chi connectivity index (χ2v) is 3.90. The fraction of sp³-hybridized carbons (Fsp3) is 0.800. The van der Waals surface area contributed by atoms with E-state index in [-0.39, 0.29) is 0 Å². The third kappa shape index (κ3) is 1.12. The molecule has 1 rings (SSSR count). The molecule has 1 unspecified atom stereocenters. The minimum atomic E-state index is 0.295. The molecule has 1 heterocycles. The molecule has 0 spiro atoms. The maximum absolute atomic E-state index is 3.88. The molecule has 1 aliphatic heterocycles. The Morgan fingerprint density at radius 1 is 1.64 bits per heavy atom. The van der Waals surface area contributed by atoms with E-state index >= 15 is 0 Å². The zero-order valence-corrected chi connectivity index (χ0v) is 8.09. The SMILES string of the molecule is C=C[C@@]1(C)[C@H](C(C)C)N1CC. The van der Waals surface area contributed by atoms with Crippen molar-refractivity contribution in [3.63, 3.8) is 0 Å². The van der Waals surface area contributed by atoms with Gasteiger partial charge in [-0.3, -0.25) is 4.90 Å². The molecule has 1 saturated heterocycles. The third-order valence-corrected chi connectivity index (χ3v) is 2.87. The molecule has 1 heteroatoms. The molecule has 3 atom stereocenters. The summed E-state index contributed by atoms with van der Waals surface area (Å²) >= 11 is 0. The molecule has 11 heavy (non-hydrogen) atoms. The Bertz CT molecular complexity index is 162. The van der Waals surface area contributed by atoms with E-state index in [0.29, 0.717) is 5.54 Å². The summed E-state index contributed by atoms with van der Waals surface area (Å²) in [4.78, 5) is 2.49. The smallest absolute Gasteiger partial charge is 0.0522 e. The minimum Gasteiger partial charge on any atom is -0.288 e. The van der Waals surface area contributed by atoms with Gasteiger partial charge in [0.05, 0.1) is 5.54 Å². The van der Waals surface area contributed by atoms with Crippen molar-refractivity contribution in [1.29, 1.82) is 0 Å². The lowest BCUT2D eigenvalue weighted by Crippen LogP contribution is -2.10. The summed E-state index contributed by atoms with van der Waals surface area (Å²) in [5.74, 6) is 0.748. The fourth-order valence-electron chi connectivity index (χ4n) is 2.31. The van der Waals surface area contributed by atoms with Crippen LogP contribution in [0, 0.1) is 5.92 Å². The Morgan fingerprint density at radius 3 is 2.27 bits per heavy atom. The van der Waals surface area contributed by atoms with Gasteiger partial charge in [-0.2, -0.15) is 0 Å².